The number of hydrogen-bond donors (Lipinski definition) is 0. The highest BCUT2D eigenvalue weighted by Crippen LogP contribution is 2.15. The number of carbonyl (C=O) groups excluding carboxylic acids is 1. The van der Waals surface area contributed by atoms with Gasteiger partial charge in [0.05, 0.1) is 13.3 Å². The maximum Gasteiger partial charge on any atom is 0.168 e. The molecule has 0 aliphatic rings. The Morgan fingerprint density at radius 1 is 1.11 bits per heavy atom. The Bertz CT molecular complexity index is 585. The number of carbonyl (C=O) groups is 1. The fraction of sp³-hybridized carbons (Fsp3) is 0.250. The molecule has 0 radical (unpaired) electrons. The first-order valence-corrected chi connectivity index (χ1v) is 6.18. The van der Waals surface area contributed by atoms with Gasteiger partial charge in [-0.25, -0.2) is 0 Å². The number of nitrogens with zero attached hydrogens (tertiary/aromatic N) is 1. The van der Waals surface area contributed by atoms with Crippen LogP contribution in [0.4, 0.5) is 0 Å². The molecule has 0 bridgehead atoms. The average Bonchev–Trinajstić information content (AvgIpc) is 2.37. The Morgan fingerprint density at radius 3 is 2.42 bits per heavy atom. The topological polar surface area (TPSA) is 39.2 Å². The van der Waals surface area contributed by atoms with Gasteiger partial charge in [-0.1, -0.05) is 29.3 Å². The van der Waals surface area contributed by atoms with Crippen molar-refractivity contribution in [3.63, 3.8) is 0 Å². The largest absolute Gasteiger partial charge is 0.495 e. The summed E-state index contributed by atoms with van der Waals surface area (Å²) in [6.45, 7) is 4.07. The summed E-state index contributed by atoms with van der Waals surface area (Å²) in [5.41, 5.74) is 3.96. The Labute approximate surface area is 113 Å². The Kier molecular flexibility index (Phi) is 3.95. The highest BCUT2D eigenvalue weighted by Gasteiger charge is 2.09. The molecule has 0 amide bonds. The third-order valence-electron chi connectivity index (χ3n) is 2.92. The summed E-state index contributed by atoms with van der Waals surface area (Å²) in [4.78, 5) is 16.2. The number of ketones is 1. The second-order valence-electron chi connectivity index (χ2n) is 4.71. The highest BCUT2D eigenvalue weighted by atomic mass is 16.5. The first-order chi connectivity index (χ1) is 9.08. The van der Waals surface area contributed by atoms with Crippen molar-refractivity contribution in [2.24, 2.45) is 0 Å². The summed E-state index contributed by atoms with van der Waals surface area (Å²) in [5, 5.41) is 0. The molecule has 1 aromatic heterocycles. The van der Waals surface area contributed by atoms with Gasteiger partial charge < -0.3 is 4.74 Å². The number of benzene rings is 1. The zero-order valence-electron chi connectivity index (χ0n) is 11.4. The van der Waals surface area contributed by atoms with E-state index in [2.05, 4.69) is 11.1 Å². The van der Waals surface area contributed by atoms with E-state index < -0.39 is 0 Å². The molecular formula is C16H17NO2. The molecule has 0 atom stereocenters. The molecule has 2 aromatic rings. The van der Waals surface area contributed by atoms with Gasteiger partial charge in [-0.3, -0.25) is 9.78 Å². The monoisotopic (exact) mass is 255 g/mol. The number of Topliss-reactive ketones (excluding diaryl/α,β-unsaturated/α-hetero) is 1. The van der Waals surface area contributed by atoms with Crippen molar-refractivity contribution in [1.82, 2.24) is 4.98 Å². The second kappa shape index (κ2) is 5.65. The van der Waals surface area contributed by atoms with E-state index in [1.165, 1.54) is 11.1 Å². The van der Waals surface area contributed by atoms with E-state index >= 15 is 0 Å². The van der Waals surface area contributed by atoms with Crippen molar-refractivity contribution in [3.05, 3.63) is 58.9 Å². The first kappa shape index (κ1) is 13.3. The Hall–Kier alpha value is -2.16. The van der Waals surface area contributed by atoms with Crippen molar-refractivity contribution < 1.29 is 9.53 Å². The Morgan fingerprint density at radius 2 is 1.79 bits per heavy atom. The van der Waals surface area contributed by atoms with E-state index in [1.807, 2.05) is 26.0 Å². The molecule has 0 aliphatic carbocycles. The predicted molar refractivity (Wildman–Crippen MR) is 74.7 cm³/mol. The number of rotatable bonds is 4. The average molecular weight is 255 g/mol. The standard InChI is InChI=1S/C16H17NO2/c1-11-4-12(2)6-13(5-11)7-16(18)14-8-15(19-3)10-17-9-14/h4-6,8-10H,7H2,1-3H3. The normalized spacial score (nSPS) is 10.3. The molecule has 0 N–H and O–H groups in total. The van der Waals surface area contributed by atoms with Crippen LogP contribution in [0.25, 0.3) is 0 Å². The highest BCUT2D eigenvalue weighted by molar-refractivity contribution is 5.97. The molecule has 0 spiro atoms. The minimum absolute atomic E-state index is 0.0522. The lowest BCUT2D eigenvalue weighted by Gasteiger charge is -2.06. The van der Waals surface area contributed by atoms with Crippen molar-refractivity contribution >= 4 is 5.78 Å². The zero-order valence-corrected chi connectivity index (χ0v) is 11.4. The Balaban J connectivity index is 2.20. The van der Waals surface area contributed by atoms with Crippen LogP contribution < -0.4 is 4.74 Å². The van der Waals surface area contributed by atoms with Crippen LogP contribution in [0, 0.1) is 13.8 Å². The minimum Gasteiger partial charge on any atom is -0.495 e. The van der Waals surface area contributed by atoms with Crippen molar-refractivity contribution in [2.75, 3.05) is 7.11 Å². The van der Waals surface area contributed by atoms with Crippen LogP contribution in [0.3, 0.4) is 0 Å². The van der Waals surface area contributed by atoms with Gasteiger partial charge in [-0.2, -0.15) is 0 Å². The third kappa shape index (κ3) is 3.41. The van der Waals surface area contributed by atoms with Crippen LogP contribution in [-0.2, 0) is 6.42 Å². The summed E-state index contributed by atoms with van der Waals surface area (Å²) in [5.74, 6) is 0.655. The summed E-state index contributed by atoms with van der Waals surface area (Å²) < 4.78 is 5.08. The predicted octanol–water partition coefficient (Wildman–Crippen LogP) is 3.13. The number of ether oxygens (including phenoxy) is 1. The van der Waals surface area contributed by atoms with Gasteiger partial charge in [0.25, 0.3) is 0 Å². The van der Waals surface area contributed by atoms with Crippen LogP contribution in [0.2, 0.25) is 0 Å². The van der Waals surface area contributed by atoms with Gasteiger partial charge in [0.2, 0.25) is 0 Å². The van der Waals surface area contributed by atoms with Gasteiger partial charge in [0.1, 0.15) is 5.75 Å². The third-order valence-corrected chi connectivity index (χ3v) is 2.92. The molecule has 1 aromatic carbocycles. The molecule has 0 saturated carbocycles. The molecule has 3 heteroatoms. The molecular weight excluding hydrogens is 238 g/mol. The van der Waals surface area contributed by atoms with Crippen LogP contribution in [0.1, 0.15) is 27.0 Å². The second-order valence-corrected chi connectivity index (χ2v) is 4.71. The lowest BCUT2D eigenvalue weighted by Crippen LogP contribution is -2.05. The van der Waals surface area contributed by atoms with Crippen molar-refractivity contribution in [3.8, 4) is 5.75 Å². The van der Waals surface area contributed by atoms with Gasteiger partial charge in [0.15, 0.2) is 5.78 Å². The summed E-state index contributed by atoms with van der Waals surface area (Å²) in [7, 11) is 1.56. The van der Waals surface area contributed by atoms with Gasteiger partial charge in [-0.15, -0.1) is 0 Å². The van der Waals surface area contributed by atoms with Crippen LogP contribution >= 0.6 is 0 Å². The van der Waals surface area contributed by atoms with E-state index in [-0.39, 0.29) is 5.78 Å². The molecule has 0 aliphatic heterocycles. The molecule has 1 heterocycles. The molecule has 19 heavy (non-hydrogen) atoms. The van der Waals surface area contributed by atoms with Crippen LogP contribution in [0.15, 0.2) is 36.7 Å². The molecule has 3 nitrogen and oxygen atoms in total. The summed E-state index contributed by atoms with van der Waals surface area (Å²) in [6, 6.07) is 7.90. The van der Waals surface area contributed by atoms with Gasteiger partial charge >= 0.3 is 0 Å². The minimum atomic E-state index is 0.0522. The zero-order chi connectivity index (χ0) is 13.8. The summed E-state index contributed by atoms with van der Waals surface area (Å²) >= 11 is 0. The SMILES string of the molecule is COc1cncc(C(=O)Cc2cc(C)cc(C)c2)c1. The van der Waals surface area contributed by atoms with Gasteiger partial charge in [-0.05, 0) is 25.5 Å². The quantitative estimate of drug-likeness (QED) is 0.788. The number of hydrogen-bond acceptors (Lipinski definition) is 3. The maximum absolute atomic E-state index is 12.2. The van der Waals surface area contributed by atoms with E-state index in [0.29, 0.717) is 17.7 Å². The van der Waals surface area contributed by atoms with Crippen LogP contribution in [0.5, 0.6) is 5.75 Å². The van der Waals surface area contributed by atoms with Crippen molar-refractivity contribution in [2.45, 2.75) is 20.3 Å². The lowest BCUT2D eigenvalue weighted by atomic mass is 10.0. The molecule has 0 unspecified atom stereocenters. The van der Waals surface area contributed by atoms with Crippen LogP contribution in [-0.4, -0.2) is 17.9 Å². The molecule has 98 valence electrons. The fourth-order valence-corrected chi connectivity index (χ4v) is 2.14. The van der Waals surface area contributed by atoms with E-state index in [1.54, 1.807) is 25.6 Å². The fourth-order valence-electron chi connectivity index (χ4n) is 2.14. The molecule has 0 fully saturated rings. The first-order valence-electron chi connectivity index (χ1n) is 6.18. The summed E-state index contributed by atoms with van der Waals surface area (Å²) in [6.07, 6.45) is 3.55. The lowest BCUT2D eigenvalue weighted by molar-refractivity contribution is 0.0992. The number of pyridine rings is 1. The molecule has 2 rings (SSSR count). The molecule has 0 saturated heterocycles. The number of aromatic nitrogens is 1. The van der Waals surface area contributed by atoms with Gasteiger partial charge in [0, 0.05) is 18.2 Å². The van der Waals surface area contributed by atoms with Crippen molar-refractivity contribution in [1.29, 1.82) is 0 Å². The maximum atomic E-state index is 12.2. The van der Waals surface area contributed by atoms with E-state index in [9.17, 15) is 4.79 Å². The van der Waals surface area contributed by atoms with E-state index in [0.717, 1.165) is 5.56 Å². The van der Waals surface area contributed by atoms with E-state index in [4.69, 9.17) is 4.74 Å². The number of aryl methyl sites for hydroxylation is 2. The number of methoxy groups -OCH3 is 1. The smallest absolute Gasteiger partial charge is 0.168 e.